The number of hydrogen-bond acceptors (Lipinski definition) is 5. The highest BCUT2D eigenvalue weighted by Crippen LogP contribution is 2.32. The molecule has 0 radical (unpaired) electrons. The molecule has 0 fully saturated rings. The van der Waals surface area contributed by atoms with E-state index in [4.69, 9.17) is 18.9 Å². The molecule has 0 aromatic rings. The van der Waals surface area contributed by atoms with Crippen molar-refractivity contribution < 1.29 is 18.9 Å². The third-order valence-corrected chi connectivity index (χ3v) is 4.86. The quantitative estimate of drug-likeness (QED) is 0.209. The number of unbranched alkanes of at least 4 members (excludes halogenated alkanes) is 5. The summed E-state index contributed by atoms with van der Waals surface area (Å²) in [6.07, 6.45) is 11.8. The number of thiol groups is 1. The molecule has 1 unspecified atom stereocenters. The first-order valence-electron chi connectivity index (χ1n) is 9.54. The van der Waals surface area contributed by atoms with E-state index in [2.05, 4.69) is 19.6 Å². The highest BCUT2D eigenvalue weighted by molar-refractivity contribution is 7.80. The molecule has 24 heavy (non-hydrogen) atoms. The Balaban J connectivity index is 4.28. The summed E-state index contributed by atoms with van der Waals surface area (Å²) in [4.78, 5) is 0. The van der Waals surface area contributed by atoms with Gasteiger partial charge in [0.15, 0.2) is 0 Å². The zero-order valence-corrected chi connectivity index (χ0v) is 17.2. The summed E-state index contributed by atoms with van der Waals surface area (Å²) in [6, 6.07) is 0. The Morgan fingerprint density at radius 2 is 1.29 bits per heavy atom. The normalized spacial score (nSPS) is 13.4. The van der Waals surface area contributed by atoms with E-state index in [1.165, 1.54) is 38.5 Å². The standard InChI is InChI=1S/C19H40O4S/c1-5-6-7-8-9-10-13-18(19(20-2,21-3)22-4)14-11-15-23-16-12-17-24/h18,24H,5-17H2,1-4H3. The number of methoxy groups -OCH3 is 3. The molecule has 5 heteroatoms. The van der Waals surface area contributed by atoms with Crippen LogP contribution in [0.2, 0.25) is 0 Å². The highest BCUT2D eigenvalue weighted by Gasteiger charge is 2.39. The van der Waals surface area contributed by atoms with Gasteiger partial charge in [-0.1, -0.05) is 45.4 Å². The lowest BCUT2D eigenvalue weighted by molar-refractivity contribution is -0.380. The Labute approximate surface area is 155 Å². The van der Waals surface area contributed by atoms with Crippen LogP contribution in [-0.4, -0.2) is 46.3 Å². The zero-order chi connectivity index (χ0) is 18.1. The molecule has 146 valence electrons. The molecular formula is C19H40O4S. The van der Waals surface area contributed by atoms with Crippen LogP contribution >= 0.6 is 12.6 Å². The van der Waals surface area contributed by atoms with E-state index in [0.717, 1.165) is 44.6 Å². The smallest absolute Gasteiger partial charge is 0.285 e. The molecule has 0 amide bonds. The minimum absolute atomic E-state index is 0.220. The van der Waals surface area contributed by atoms with Gasteiger partial charge in [0.1, 0.15) is 0 Å². The topological polar surface area (TPSA) is 36.9 Å². The van der Waals surface area contributed by atoms with Gasteiger partial charge in [0.05, 0.1) is 0 Å². The molecule has 0 aliphatic rings. The fourth-order valence-corrected chi connectivity index (χ4v) is 3.25. The van der Waals surface area contributed by atoms with Gasteiger partial charge in [0.25, 0.3) is 5.97 Å². The van der Waals surface area contributed by atoms with E-state index in [-0.39, 0.29) is 5.92 Å². The van der Waals surface area contributed by atoms with E-state index >= 15 is 0 Å². The summed E-state index contributed by atoms with van der Waals surface area (Å²) in [5, 5.41) is 0. The van der Waals surface area contributed by atoms with Gasteiger partial charge in [0.2, 0.25) is 0 Å². The number of hydrogen-bond donors (Lipinski definition) is 1. The molecule has 0 aliphatic carbocycles. The van der Waals surface area contributed by atoms with Crippen LogP contribution in [0.15, 0.2) is 0 Å². The first kappa shape index (κ1) is 24.2. The van der Waals surface area contributed by atoms with Crippen LogP contribution in [0.1, 0.15) is 71.1 Å². The second-order valence-corrected chi connectivity index (χ2v) is 6.75. The minimum Gasteiger partial charge on any atom is -0.381 e. The molecule has 0 aliphatic heterocycles. The van der Waals surface area contributed by atoms with Crippen LogP contribution in [0, 0.1) is 5.92 Å². The summed E-state index contributed by atoms with van der Waals surface area (Å²) in [5.41, 5.74) is 0. The maximum absolute atomic E-state index is 5.64. The maximum atomic E-state index is 5.64. The molecule has 1 atom stereocenters. The molecular weight excluding hydrogens is 324 g/mol. The monoisotopic (exact) mass is 364 g/mol. The molecule has 0 aromatic heterocycles. The molecule has 0 bridgehead atoms. The Hall–Kier alpha value is 0.190. The van der Waals surface area contributed by atoms with Gasteiger partial charge >= 0.3 is 0 Å². The largest absolute Gasteiger partial charge is 0.381 e. The predicted octanol–water partition coefficient (Wildman–Crippen LogP) is 5.06. The fourth-order valence-electron chi connectivity index (χ4n) is 3.12. The van der Waals surface area contributed by atoms with E-state index in [9.17, 15) is 0 Å². The Morgan fingerprint density at radius 1 is 0.750 bits per heavy atom. The van der Waals surface area contributed by atoms with Gasteiger partial charge < -0.3 is 18.9 Å². The fraction of sp³-hybridized carbons (Fsp3) is 1.00. The molecule has 0 aromatic carbocycles. The van der Waals surface area contributed by atoms with Crippen LogP contribution < -0.4 is 0 Å². The summed E-state index contributed by atoms with van der Waals surface area (Å²) in [5.74, 6) is 0.159. The van der Waals surface area contributed by atoms with Crippen molar-refractivity contribution in [2.24, 2.45) is 5.92 Å². The first-order valence-corrected chi connectivity index (χ1v) is 10.2. The van der Waals surface area contributed by atoms with E-state index in [1.807, 2.05) is 0 Å². The summed E-state index contributed by atoms with van der Waals surface area (Å²) in [6.45, 7) is 3.81. The van der Waals surface area contributed by atoms with Gasteiger partial charge in [-0.2, -0.15) is 12.6 Å². The molecule has 4 nitrogen and oxygen atoms in total. The third kappa shape index (κ3) is 10.2. The lowest BCUT2D eigenvalue weighted by atomic mass is 9.93. The van der Waals surface area contributed by atoms with Crippen LogP contribution in [0.3, 0.4) is 0 Å². The average Bonchev–Trinajstić information content (AvgIpc) is 2.62. The third-order valence-electron chi connectivity index (χ3n) is 4.55. The predicted molar refractivity (Wildman–Crippen MR) is 104 cm³/mol. The Morgan fingerprint density at radius 3 is 1.88 bits per heavy atom. The first-order chi connectivity index (χ1) is 11.7. The van der Waals surface area contributed by atoms with Gasteiger partial charge in [-0.25, -0.2) is 0 Å². The van der Waals surface area contributed by atoms with Gasteiger partial charge in [-0.15, -0.1) is 0 Å². The van der Waals surface area contributed by atoms with Crippen LogP contribution in [0.5, 0.6) is 0 Å². The maximum Gasteiger partial charge on any atom is 0.285 e. The van der Waals surface area contributed by atoms with Crippen LogP contribution in [0.4, 0.5) is 0 Å². The summed E-state index contributed by atoms with van der Waals surface area (Å²) >= 11 is 4.19. The molecule has 0 saturated heterocycles. The van der Waals surface area contributed by atoms with Crippen molar-refractivity contribution in [1.82, 2.24) is 0 Å². The average molecular weight is 365 g/mol. The Bertz CT molecular complexity index is 235. The number of rotatable bonds is 18. The van der Waals surface area contributed by atoms with Gasteiger partial charge in [-0.3, -0.25) is 0 Å². The van der Waals surface area contributed by atoms with Gasteiger partial charge in [-0.05, 0) is 31.4 Å². The second kappa shape index (κ2) is 16.6. The number of ether oxygens (including phenoxy) is 4. The molecule has 0 heterocycles. The van der Waals surface area contributed by atoms with Crippen molar-refractivity contribution in [2.45, 2.75) is 77.1 Å². The summed E-state index contributed by atoms with van der Waals surface area (Å²) < 4.78 is 22.4. The molecule has 0 saturated carbocycles. The van der Waals surface area contributed by atoms with Crippen LogP contribution in [0.25, 0.3) is 0 Å². The van der Waals surface area contributed by atoms with E-state index in [0.29, 0.717) is 0 Å². The minimum atomic E-state index is -0.936. The van der Waals surface area contributed by atoms with E-state index < -0.39 is 5.97 Å². The lowest BCUT2D eigenvalue weighted by Gasteiger charge is -2.36. The highest BCUT2D eigenvalue weighted by atomic mass is 32.1. The molecule has 0 N–H and O–H groups in total. The molecule has 0 spiro atoms. The van der Waals surface area contributed by atoms with Crippen LogP contribution in [-0.2, 0) is 18.9 Å². The SMILES string of the molecule is CCCCCCCCC(CCCOCCCS)C(OC)(OC)OC. The molecule has 0 rings (SSSR count). The van der Waals surface area contributed by atoms with Gasteiger partial charge in [0, 0.05) is 40.5 Å². The van der Waals surface area contributed by atoms with Crippen molar-refractivity contribution in [3.8, 4) is 0 Å². The van der Waals surface area contributed by atoms with Crippen molar-refractivity contribution in [1.29, 1.82) is 0 Å². The summed E-state index contributed by atoms with van der Waals surface area (Å²) in [7, 11) is 4.97. The zero-order valence-electron chi connectivity index (χ0n) is 16.3. The lowest BCUT2D eigenvalue weighted by Crippen LogP contribution is -2.44. The van der Waals surface area contributed by atoms with Crippen molar-refractivity contribution >= 4 is 12.6 Å². The Kier molecular flexibility index (Phi) is 16.8. The van der Waals surface area contributed by atoms with Crippen molar-refractivity contribution in [3.05, 3.63) is 0 Å². The van der Waals surface area contributed by atoms with Crippen molar-refractivity contribution in [3.63, 3.8) is 0 Å². The second-order valence-electron chi connectivity index (χ2n) is 6.30. The van der Waals surface area contributed by atoms with Crippen molar-refractivity contribution in [2.75, 3.05) is 40.3 Å². The van der Waals surface area contributed by atoms with E-state index in [1.54, 1.807) is 21.3 Å².